The van der Waals surface area contributed by atoms with Crippen LogP contribution in [-0.2, 0) is 6.54 Å². The van der Waals surface area contributed by atoms with Crippen molar-refractivity contribution < 1.29 is 9.32 Å². The summed E-state index contributed by atoms with van der Waals surface area (Å²) in [6.07, 6.45) is 2.83. The van der Waals surface area contributed by atoms with Crippen LogP contribution < -0.4 is 5.73 Å². The van der Waals surface area contributed by atoms with Gasteiger partial charge in [-0.05, 0) is 37.0 Å². The van der Waals surface area contributed by atoms with Crippen molar-refractivity contribution in [3.63, 3.8) is 0 Å². The minimum atomic E-state index is -0.189. The molecule has 1 atom stereocenters. The summed E-state index contributed by atoms with van der Waals surface area (Å²) in [5.41, 5.74) is 8.21. The van der Waals surface area contributed by atoms with Crippen LogP contribution in [0.1, 0.15) is 47.1 Å². The van der Waals surface area contributed by atoms with E-state index in [0.29, 0.717) is 30.4 Å². The highest BCUT2D eigenvalue weighted by Crippen LogP contribution is 2.32. The lowest BCUT2D eigenvalue weighted by Gasteiger charge is -2.33. The summed E-state index contributed by atoms with van der Waals surface area (Å²) in [6, 6.07) is 17.0. The second kappa shape index (κ2) is 7.72. The van der Waals surface area contributed by atoms with Crippen LogP contribution in [0.5, 0.6) is 0 Å². The van der Waals surface area contributed by atoms with Crippen LogP contribution in [0, 0.1) is 0 Å². The Labute approximate surface area is 158 Å². The first-order chi connectivity index (χ1) is 13.3. The highest BCUT2D eigenvalue weighted by atomic mass is 16.5. The molecule has 1 saturated heterocycles. The van der Waals surface area contributed by atoms with E-state index in [1.807, 2.05) is 59.5 Å². The van der Waals surface area contributed by atoms with Gasteiger partial charge in [-0.15, -0.1) is 0 Å². The molecule has 4 rings (SSSR count). The number of carbonyl (C=O) groups is 1. The molecule has 1 fully saturated rings. The molecule has 0 radical (unpaired) electrons. The normalized spacial score (nSPS) is 17.1. The molecule has 0 bridgehead atoms. The number of aromatic nitrogens is 2. The van der Waals surface area contributed by atoms with E-state index in [1.165, 1.54) is 0 Å². The molecule has 27 heavy (non-hydrogen) atoms. The average molecular weight is 362 g/mol. The predicted octanol–water partition coefficient (Wildman–Crippen LogP) is 3.56. The third-order valence-electron chi connectivity index (χ3n) is 4.96. The predicted molar refractivity (Wildman–Crippen MR) is 102 cm³/mol. The fourth-order valence-electron chi connectivity index (χ4n) is 3.46. The van der Waals surface area contributed by atoms with E-state index in [1.54, 1.807) is 0 Å². The summed E-state index contributed by atoms with van der Waals surface area (Å²) in [5, 5.41) is 4.11. The highest BCUT2D eigenvalue weighted by Gasteiger charge is 2.32. The van der Waals surface area contributed by atoms with Crippen LogP contribution in [0.15, 0.2) is 59.1 Å². The SMILES string of the molecule is NCc1ccc(C(=O)N2CCCCC2c2nc(-c3ccccc3)no2)cc1. The Bertz CT molecular complexity index is 905. The Morgan fingerprint density at radius 3 is 2.63 bits per heavy atom. The number of nitrogens with zero attached hydrogens (tertiary/aromatic N) is 3. The number of carbonyl (C=O) groups excluding carboxylic acids is 1. The molecule has 1 aromatic heterocycles. The fraction of sp³-hybridized carbons (Fsp3) is 0.286. The smallest absolute Gasteiger partial charge is 0.254 e. The van der Waals surface area contributed by atoms with Gasteiger partial charge >= 0.3 is 0 Å². The lowest BCUT2D eigenvalue weighted by Crippen LogP contribution is -2.38. The third-order valence-corrected chi connectivity index (χ3v) is 4.96. The molecule has 0 saturated carbocycles. The number of hydrogen-bond donors (Lipinski definition) is 1. The molecule has 0 aliphatic carbocycles. The maximum atomic E-state index is 13.1. The van der Waals surface area contributed by atoms with Crippen LogP contribution >= 0.6 is 0 Å². The molecule has 1 aliphatic heterocycles. The molecular weight excluding hydrogens is 340 g/mol. The summed E-state index contributed by atoms with van der Waals surface area (Å²) < 4.78 is 5.54. The molecule has 2 heterocycles. The summed E-state index contributed by atoms with van der Waals surface area (Å²) in [4.78, 5) is 19.5. The quantitative estimate of drug-likeness (QED) is 0.767. The van der Waals surface area contributed by atoms with Crippen molar-refractivity contribution >= 4 is 5.91 Å². The standard InChI is InChI=1S/C21H22N4O2/c22-14-15-9-11-17(12-10-15)21(26)25-13-5-4-8-18(25)20-23-19(24-27-20)16-6-2-1-3-7-16/h1-3,6-7,9-12,18H,4-5,8,13-14,22H2. The van der Waals surface area contributed by atoms with Gasteiger partial charge in [0.05, 0.1) is 0 Å². The molecule has 6 nitrogen and oxygen atoms in total. The van der Waals surface area contributed by atoms with Crippen molar-refractivity contribution in [2.45, 2.75) is 31.8 Å². The van der Waals surface area contributed by atoms with E-state index in [4.69, 9.17) is 10.3 Å². The van der Waals surface area contributed by atoms with E-state index in [0.717, 1.165) is 30.4 Å². The van der Waals surface area contributed by atoms with Gasteiger partial charge in [0.15, 0.2) is 0 Å². The second-order valence-corrected chi connectivity index (χ2v) is 6.73. The third kappa shape index (κ3) is 3.61. The summed E-state index contributed by atoms with van der Waals surface area (Å²) in [6.45, 7) is 1.15. The highest BCUT2D eigenvalue weighted by molar-refractivity contribution is 5.94. The van der Waals surface area contributed by atoms with Crippen molar-refractivity contribution in [2.24, 2.45) is 5.73 Å². The Hall–Kier alpha value is -2.99. The summed E-state index contributed by atoms with van der Waals surface area (Å²) in [7, 11) is 0. The van der Waals surface area contributed by atoms with Crippen LogP contribution in [0.4, 0.5) is 0 Å². The molecule has 0 spiro atoms. The topological polar surface area (TPSA) is 85.3 Å². The van der Waals surface area contributed by atoms with Gasteiger partial charge in [0.2, 0.25) is 11.7 Å². The van der Waals surface area contributed by atoms with Crippen LogP contribution in [0.25, 0.3) is 11.4 Å². The van der Waals surface area contributed by atoms with Gasteiger partial charge in [0.25, 0.3) is 5.91 Å². The van der Waals surface area contributed by atoms with E-state index >= 15 is 0 Å². The number of benzene rings is 2. The zero-order chi connectivity index (χ0) is 18.6. The number of likely N-dealkylation sites (tertiary alicyclic amines) is 1. The van der Waals surface area contributed by atoms with Gasteiger partial charge in [0.1, 0.15) is 6.04 Å². The first kappa shape index (κ1) is 17.4. The van der Waals surface area contributed by atoms with E-state index in [2.05, 4.69) is 10.1 Å². The Balaban J connectivity index is 1.59. The molecule has 1 amide bonds. The maximum Gasteiger partial charge on any atom is 0.254 e. The molecular formula is C21H22N4O2. The first-order valence-electron chi connectivity index (χ1n) is 9.25. The summed E-state index contributed by atoms with van der Waals surface area (Å²) in [5.74, 6) is 1.04. The van der Waals surface area contributed by atoms with Crippen molar-refractivity contribution in [1.82, 2.24) is 15.0 Å². The van der Waals surface area contributed by atoms with Crippen molar-refractivity contribution in [1.29, 1.82) is 0 Å². The van der Waals surface area contributed by atoms with Crippen LogP contribution in [-0.4, -0.2) is 27.5 Å². The Kier molecular flexibility index (Phi) is 4.98. The molecule has 138 valence electrons. The minimum absolute atomic E-state index is 0.0114. The van der Waals surface area contributed by atoms with E-state index in [9.17, 15) is 4.79 Å². The molecule has 2 N–H and O–H groups in total. The number of amides is 1. The number of piperidine rings is 1. The number of hydrogen-bond acceptors (Lipinski definition) is 5. The zero-order valence-corrected chi connectivity index (χ0v) is 15.0. The van der Waals surface area contributed by atoms with Crippen molar-refractivity contribution in [2.75, 3.05) is 6.54 Å². The summed E-state index contributed by atoms with van der Waals surface area (Å²) >= 11 is 0. The zero-order valence-electron chi connectivity index (χ0n) is 15.0. The first-order valence-corrected chi connectivity index (χ1v) is 9.25. The van der Waals surface area contributed by atoms with E-state index in [-0.39, 0.29) is 11.9 Å². The van der Waals surface area contributed by atoms with Crippen molar-refractivity contribution in [3.8, 4) is 11.4 Å². The minimum Gasteiger partial charge on any atom is -0.337 e. The van der Waals surface area contributed by atoms with Crippen molar-refractivity contribution in [3.05, 3.63) is 71.6 Å². The van der Waals surface area contributed by atoms with E-state index < -0.39 is 0 Å². The number of rotatable bonds is 4. The lowest BCUT2D eigenvalue weighted by molar-refractivity contribution is 0.0561. The second-order valence-electron chi connectivity index (χ2n) is 6.73. The van der Waals surface area contributed by atoms with Gasteiger partial charge in [-0.3, -0.25) is 4.79 Å². The number of nitrogens with two attached hydrogens (primary N) is 1. The largest absolute Gasteiger partial charge is 0.337 e. The fourth-order valence-corrected chi connectivity index (χ4v) is 3.46. The Morgan fingerprint density at radius 1 is 1.11 bits per heavy atom. The monoisotopic (exact) mass is 362 g/mol. The van der Waals surface area contributed by atoms with Gasteiger partial charge in [-0.25, -0.2) is 0 Å². The molecule has 3 aromatic rings. The lowest BCUT2D eigenvalue weighted by atomic mass is 10.00. The van der Waals surface area contributed by atoms with Crippen LogP contribution in [0.2, 0.25) is 0 Å². The maximum absolute atomic E-state index is 13.1. The van der Waals surface area contributed by atoms with Gasteiger partial charge in [-0.1, -0.05) is 47.6 Å². The molecule has 1 unspecified atom stereocenters. The molecule has 1 aliphatic rings. The van der Waals surface area contributed by atoms with Crippen LogP contribution in [0.3, 0.4) is 0 Å². The molecule has 2 aromatic carbocycles. The van der Waals surface area contributed by atoms with Gasteiger partial charge < -0.3 is 15.2 Å². The molecule has 6 heteroatoms. The van der Waals surface area contributed by atoms with Gasteiger partial charge in [-0.2, -0.15) is 4.98 Å². The Morgan fingerprint density at radius 2 is 1.89 bits per heavy atom. The van der Waals surface area contributed by atoms with Gasteiger partial charge in [0, 0.05) is 24.2 Å². The average Bonchev–Trinajstić information content (AvgIpc) is 3.24.